The van der Waals surface area contributed by atoms with Crippen LogP contribution in [-0.2, 0) is 9.53 Å². The van der Waals surface area contributed by atoms with Crippen LogP contribution in [0.25, 0.3) is 0 Å². The van der Waals surface area contributed by atoms with Gasteiger partial charge in [0.05, 0.1) is 19.3 Å². The molecule has 1 aromatic carbocycles. The van der Waals surface area contributed by atoms with Gasteiger partial charge in [0, 0.05) is 33.1 Å². The fourth-order valence-electron chi connectivity index (χ4n) is 2.96. The molecule has 0 bridgehead atoms. The lowest BCUT2D eigenvalue weighted by atomic mass is 10.2. The highest BCUT2D eigenvalue weighted by Crippen LogP contribution is 2.20. The Bertz CT molecular complexity index is 656. The van der Waals surface area contributed by atoms with Crippen molar-refractivity contribution in [1.29, 1.82) is 0 Å². The molecule has 0 radical (unpaired) electrons. The third kappa shape index (κ3) is 13.0. The number of nitrogens with two attached hydrogens (primary N) is 1. The van der Waals surface area contributed by atoms with Crippen molar-refractivity contribution in [1.82, 2.24) is 10.2 Å². The van der Waals surface area contributed by atoms with Crippen LogP contribution in [0.1, 0.15) is 58.8 Å². The molecule has 0 saturated heterocycles. The summed E-state index contributed by atoms with van der Waals surface area (Å²) in [7, 11) is 1.74. The lowest BCUT2D eigenvalue weighted by Gasteiger charge is -2.22. The minimum absolute atomic E-state index is 0.0772. The molecule has 0 aliphatic heterocycles. The van der Waals surface area contributed by atoms with Crippen LogP contribution < -0.4 is 20.5 Å². The van der Waals surface area contributed by atoms with E-state index < -0.39 is 12.0 Å². The summed E-state index contributed by atoms with van der Waals surface area (Å²) in [6.45, 7) is 5.78. The van der Waals surface area contributed by atoms with Gasteiger partial charge in [0.2, 0.25) is 0 Å². The van der Waals surface area contributed by atoms with Gasteiger partial charge in [0.1, 0.15) is 18.1 Å². The number of carbonyl (C=O) groups is 2. The number of rotatable bonds is 17. The van der Waals surface area contributed by atoms with Crippen molar-refractivity contribution >= 4 is 12.0 Å². The van der Waals surface area contributed by atoms with Crippen molar-refractivity contribution in [3.05, 3.63) is 24.3 Å². The summed E-state index contributed by atoms with van der Waals surface area (Å²) in [5.74, 6) is 1.26. The number of unbranched alkanes of at least 4 members (excludes halogenated alkanes) is 5. The number of nitrogens with zero attached hydrogens (tertiary/aromatic N) is 1. The number of ether oxygens (including phenoxy) is 3. The summed E-state index contributed by atoms with van der Waals surface area (Å²) >= 11 is 0. The van der Waals surface area contributed by atoms with E-state index in [2.05, 4.69) is 12.2 Å². The van der Waals surface area contributed by atoms with Gasteiger partial charge in [-0.15, -0.1) is 0 Å². The van der Waals surface area contributed by atoms with Crippen molar-refractivity contribution in [2.24, 2.45) is 5.73 Å². The lowest BCUT2D eigenvalue weighted by Crippen LogP contribution is -2.48. The average Bonchev–Trinajstić information content (AvgIpc) is 2.78. The Hall–Kier alpha value is -2.48. The summed E-state index contributed by atoms with van der Waals surface area (Å²) in [5, 5.41) is 2.77. The van der Waals surface area contributed by atoms with E-state index >= 15 is 0 Å². The smallest absolute Gasteiger partial charge is 0.317 e. The summed E-state index contributed by atoms with van der Waals surface area (Å²) < 4.78 is 16.5. The van der Waals surface area contributed by atoms with Crippen molar-refractivity contribution < 1.29 is 23.8 Å². The third-order valence-electron chi connectivity index (χ3n) is 4.93. The summed E-state index contributed by atoms with van der Waals surface area (Å²) in [4.78, 5) is 24.7. The van der Waals surface area contributed by atoms with E-state index in [4.69, 9.17) is 19.9 Å². The van der Waals surface area contributed by atoms with Crippen LogP contribution in [0.3, 0.4) is 0 Å². The Balaban J connectivity index is 2.17. The predicted molar refractivity (Wildman–Crippen MR) is 126 cm³/mol. The number of urea groups is 1. The molecule has 8 nitrogen and oxygen atoms in total. The fraction of sp³-hybridized carbons (Fsp3) is 0.667. The molecule has 1 rings (SSSR count). The average molecular weight is 452 g/mol. The third-order valence-corrected chi connectivity index (χ3v) is 4.93. The SMILES string of the molecule is CCCCCCOc1cccc(OCCCCCN(C)C(=O)N[C@@H](CN)COC(C)=O)c1. The molecule has 0 aromatic heterocycles. The Labute approximate surface area is 192 Å². The van der Waals surface area contributed by atoms with Crippen LogP contribution in [0, 0.1) is 0 Å². The van der Waals surface area contributed by atoms with E-state index in [1.165, 1.54) is 26.2 Å². The first-order valence-corrected chi connectivity index (χ1v) is 11.7. The van der Waals surface area contributed by atoms with Crippen molar-refractivity contribution in [2.45, 2.75) is 64.8 Å². The molecule has 32 heavy (non-hydrogen) atoms. The highest BCUT2D eigenvalue weighted by atomic mass is 16.5. The van der Waals surface area contributed by atoms with Gasteiger partial charge in [0.15, 0.2) is 0 Å². The predicted octanol–water partition coefficient (Wildman–Crippen LogP) is 3.73. The molecule has 3 N–H and O–H groups in total. The number of benzene rings is 1. The second-order valence-corrected chi connectivity index (χ2v) is 7.90. The van der Waals surface area contributed by atoms with Crippen LogP contribution in [0.5, 0.6) is 11.5 Å². The minimum Gasteiger partial charge on any atom is -0.493 e. The molecule has 0 saturated carbocycles. The monoisotopic (exact) mass is 451 g/mol. The Morgan fingerprint density at radius 3 is 2.22 bits per heavy atom. The molecule has 0 heterocycles. The topological polar surface area (TPSA) is 103 Å². The van der Waals surface area contributed by atoms with E-state index in [0.29, 0.717) is 13.2 Å². The maximum atomic E-state index is 12.2. The fourth-order valence-corrected chi connectivity index (χ4v) is 2.96. The van der Waals surface area contributed by atoms with Crippen molar-refractivity contribution in [2.75, 3.05) is 40.0 Å². The summed E-state index contributed by atoms with van der Waals surface area (Å²) in [6, 6.07) is 7.15. The Kier molecular flexibility index (Phi) is 14.7. The molecule has 0 fully saturated rings. The van der Waals surface area contributed by atoms with Gasteiger partial charge < -0.3 is 30.2 Å². The van der Waals surface area contributed by atoms with E-state index in [1.807, 2.05) is 24.3 Å². The number of carbonyl (C=O) groups excluding carboxylic acids is 2. The van der Waals surface area contributed by atoms with Crippen LogP contribution >= 0.6 is 0 Å². The molecule has 0 unspecified atom stereocenters. The first-order valence-electron chi connectivity index (χ1n) is 11.7. The number of amides is 2. The number of nitrogens with one attached hydrogen (secondary N) is 1. The van der Waals surface area contributed by atoms with Crippen LogP contribution in [-0.4, -0.2) is 62.9 Å². The van der Waals surface area contributed by atoms with E-state index in [-0.39, 0.29) is 19.2 Å². The molecule has 0 aliphatic rings. The number of hydrogen-bond acceptors (Lipinski definition) is 6. The molecular formula is C24H41N3O5. The van der Waals surface area contributed by atoms with Gasteiger partial charge in [-0.1, -0.05) is 32.3 Å². The largest absolute Gasteiger partial charge is 0.493 e. The molecule has 0 spiro atoms. The second-order valence-electron chi connectivity index (χ2n) is 7.90. The zero-order valence-corrected chi connectivity index (χ0v) is 19.9. The van der Waals surface area contributed by atoms with Crippen molar-refractivity contribution in [3.8, 4) is 11.5 Å². The van der Waals surface area contributed by atoms with Crippen molar-refractivity contribution in [3.63, 3.8) is 0 Å². The van der Waals surface area contributed by atoms with E-state index in [1.54, 1.807) is 11.9 Å². The van der Waals surface area contributed by atoms with Gasteiger partial charge in [-0.25, -0.2) is 4.79 Å². The summed E-state index contributed by atoms with van der Waals surface area (Å²) in [6.07, 6.45) is 7.45. The maximum Gasteiger partial charge on any atom is 0.317 e. The van der Waals surface area contributed by atoms with Crippen LogP contribution in [0.15, 0.2) is 24.3 Å². The Morgan fingerprint density at radius 2 is 1.66 bits per heavy atom. The molecule has 0 aliphatic carbocycles. The normalized spacial score (nSPS) is 11.5. The van der Waals surface area contributed by atoms with Gasteiger partial charge in [0.25, 0.3) is 0 Å². The maximum absolute atomic E-state index is 12.2. The van der Waals surface area contributed by atoms with Gasteiger partial charge >= 0.3 is 12.0 Å². The standard InChI is InChI=1S/C24H41N3O5/c1-4-5-6-9-15-30-22-12-11-13-23(17-22)31-16-10-7-8-14-27(3)24(29)26-21(18-25)19-32-20(2)28/h11-13,17,21H,4-10,14-16,18-19,25H2,1-3H3,(H,26,29)/t21-/m0/s1. The van der Waals surface area contributed by atoms with Crippen LogP contribution in [0.4, 0.5) is 4.79 Å². The molecule has 8 heteroatoms. The molecular weight excluding hydrogens is 410 g/mol. The quantitative estimate of drug-likeness (QED) is 0.276. The van der Waals surface area contributed by atoms with Gasteiger partial charge in [-0.3, -0.25) is 4.79 Å². The Morgan fingerprint density at radius 1 is 1.03 bits per heavy atom. The first kappa shape index (κ1) is 27.6. The molecule has 1 aromatic rings. The summed E-state index contributed by atoms with van der Waals surface area (Å²) in [5.41, 5.74) is 5.61. The lowest BCUT2D eigenvalue weighted by molar-refractivity contribution is -0.141. The zero-order valence-electron chi connectivity index (χ0n) is 19.9. The number of esters is 1. The van der Waals surface area contributed by atoms with Gasteiger partial charge in [-0.05, 0) is 37.8 Å². The van der Waals surface area contributed by atoms with Gasteiger partial charge in [-0.2, -0.15) is 0 Å². The zero-order chi connectivity index (χ0) is 23.6. The molecule has 2 amide bonds. The first-order chi connectivity index (χ1) is 15.5. The van der Waals surface area contributed by atoms with Crippen LogP contribution in [0.2, 0.25) is 0 Å². The highest BCUT2D eigenvalue weighted by Gasteiger charge is 2.15. The highest BCUT2D eigenvalue weighted by molar-refractivity contribution is 5.74. The minimum atomic E-state index is -0.394. The van der Waals surface area contributed by atoms with E-state index in [0.717, 1.165) is 43.8 Å². The van der Waals surface area contributed by atoms with E-state index in [9.17, 15) is 9.59 Å². The molecule has 182 valence electrons. The second kappa shape index (κ2) is 17.1. The number of hydrogen-bond donors (Lipinski definition) is 2. The molecule has 1 atom stereocenters.